The Kier molecular flexibility index (Phi) is 7.60. The highest BCUT2D eigenvalue weighted by Crippen LogP contribution is 2.45. The summed E-state index contributed by atoms with van der Waals surface area (Å²) in [5.74, 6) is 2.07. The fourth-order valence-electron chi connectivity index (χ4n) is 4.45. The van der Waals surface area contributed by atoms with Gasteiger partial charge in [-0.15, -0.1) is 11.3 Å². The van der Waals surface area contributed by atoms with Crippen molar-refractivity contribution in [1.29, 1.82) is 0 Å². The molecule has 0 spiro atoms. The first-order valence-electron chi connectivity index (χ1n) is 12.2. The van der Waals surface area contributed by atoms with E-state index in [-0.39, 0.29) is 11.3 Å². The molecule has 184 valence electrons. The van der Waals surface area contributed by atoms with Crippen LogP contribution in [0.2, 0.25) is 0 Å². The zero-order valence-corrected chi connectivity index (χ0v) is 22.0. The molecule has 1 atom stereocenters. The number of nitrogens with zero attached hydrogens (tertiary/aromatic N) is 1. The molecule has 1 aliphatic rings. The maximum absolute atomic E-state index is 13.5. The second-order valence-electron chi connectivity index (χ2n) is 9.93. The summed E-state index contributed by atoms with van der Waals surface area (Å²) in [5, 5.41) is 3.85. The van der Waals surface area contributed by atoms with Gasteiger partial charge in [0.1, 0.15) is 16.5 Å². The molecule has 5 nitrogen and oxygen atoms in total. The van der Waals surface area contributed by atoms with Gasteiger partial charge >= 0.3 is 0 Å². The Bertz CT molecular complexity index is 1190. The lowest BCUT2D eigenvalue weighted by Crippen LogP contribution is -2.27. The second-order valence-corrected chi connectivity index (χ2v) is 11.0. The minimum Gasteiger partial charge on any atom is -0.497 e. The van der Waals surface area contributed by atoms with Crippen molar-refractivity contribution >= 4 is 34.1 Å². The van der Waals surface area contributed by atoms with Crippen molar-refractivity contribution < 1.29 is 14.3 Å². The summed E-state index contributed by atoms with van der Waals surface area (Å²) in [6.45, 7) is 9.47. The molecule has 0 fully saturated rings. The van der Waals surface area contributed by atoms with E-state index in [1.54, 1.807) is 18.4 Å². The van der Waals surface area contributed by atoms with Crippen molar-refractivity contribution in [2.75, 3.05) is 19.0 Å². The molecular weight excluding hydrogens is 456 g/mol. The first-order valence-corrected chi connectivity index (χ1v) is 13.0. The van der Waals surface area contributed by atoms with Gasteiger partial charge in [-0.3, -0.25) is 4.79 Å². The number of amides is 1. The van der Waals surface area contributed by atoms with Crippen LogP contribution in [0.3, 0.4) is 0 Å². The number of carbonyl (C=O) groups is 1. The van der Waals surface area contributed by atoms with Gasteiger partial charge in [0.15, 0.2) is 0 Å². The van der Waals surface area contributed by atoms with Gasteiger partial charge in [0.05, 0.1) is 19.3 Å². The number of nitrogens with one attached hydrogen (secondary N) is 1. The van der Waals surface area contributed by atoms with Crippen LogP contribution in [0.25, 0.3) is 0 Å². The summed E-state index contributed by atoms with van der Waals surface area (Å²) < 4.78 is 10.8. The molecule has 1 aromatic heterocycles. The number of ether oxygens (including phenoxy) is 2. The summed E-state index contributed by atoms with van der Waals surface area (Å²) in [4.78, 5) is 19.6. The van der Waals surface area contributed by atoms with Crippen LogP contribution in [0.1, 0.15) is 60.5 Å². The molecule has 0 unspecified atom stereocenters. The van der Waals surface area contributed by atoms with Crippen molar-refractivity contribution in [3.8, 4) is 11.5 Å². The Morgan fingerprint density at radius 3 is 2.43 bits per heavy atom. The van der Waals surface area contributed by atoms with Gasteiger partial charge in [-0.1, -0.05) is 20.8 Å². The molecule has 1 amide bonds. The molecule has 4 rings (SSSR count). The largest absolute Gasteiger partial charge is 0.497 e. The zero-order chi connectivity index (χ0) is 25.0. The molecule has 0 saturated heterocycles. The number of benzene rings is 2. The SMILES string of the molecule is CCOc1ccc(NC(=O)c2c(N=Cc3ccc(OC)cc3)sc3c2CC[C@H](C(C)(C)C)C3)cc1. The Labute approximate surface area is 212 Å². The van der Waals surface area contributed by atoms with Gasteiger partial charge in [0, 0.05) is 16.8 Å². The molecule has 0 saturated carbocycles. The third-order valence-electron chi connectivity index (χ3n) is 6.57. The molecule has 1 heterocycles. The van der Waals surface area contributed by atoms with Crippen LogP contribution >= 0.6 is 11.3 Å². The predicted molar refractivity (Wildman–Crippen MR) is 145 cm³/mol. The van der Waals surface area contributed by atoms with E-state index in [0.717, 1.165) is 52.6 Å². The monoisotopic (exact) mass is 490 g/mol. The van der Waals surface area contributed by atoms with E-state index in [2.05, 4.69) is 26.1 Å². The average Bonchev–Trinajstić information content (AvgIpc) is 3.21. The van der Waals surface area contributed by atoms with Crippen LogP contribution in [0, 0.1) is 11.3 Å². The number of anilines is 1. The van der Waals surface area contributed by atoms with Crippen LogP contribution < -0.4 is 14.8 Å². The summed E-state index contributed by atoms with van der Waals surface area (Å²) in [7, 11) is 1.65. The average molecular weight is 491 g/mol. The van der Waals surface area contributed by atoms with E-state index >= 15 is 0 Å². The molecular formula is C29H34N2O3S. The van der Waals surface area contributed by atoms with E-state index in [4.69, 9.17) is 14.5 Å². The lowest BCUT2D eigenvalue weighted by Gasteiger charge is -2.33. The number of hydrogen-bond donors (Lipinski definition) is 1. The second kappa shape index (κ2) is 10.6. The fourth-order valence-corrected chi connectivity index (χ4v) is 5.72. The van der Waals surface area contributed by atoms with Crippen molar-refractivity contribution in [2.45, 2.75) is 47.0 Å². The summed E-state index contributed by atoms with van der Waals surface area (Å²) in [5.41, 5.74) is 3.80. The lowest BCUT2D eigenvalue weighted by atomic mass is 9.72. The molecule has 1 aliphatic carbocycles. The smallest absolute Gasteiger partial charge is 0.259 e. The highest BCUT2D eigenvalue weighted by Gasteiger charge is 2.33. The van der Waals surface area contributed by atoms with Gasteiger partial charge < -0.3 is 14.8 Å². The topological polar surface area (TPSA) is 59.9 Å². The van der Waals surface area contributed by atoms with E-state index in [9.17, 15) is 4.79 Å². The van der Waals surface area contributed by atoms with Crippen molar-refractivity contribution in [2.24, 2.45) is 16.3 Å². The first-order chi connectivity index (χ1) is 16.8. The Morgan fingerprint density at radius 1 is 1.11 bits per heavy atom. The first kappa shape index (κ1) is 25.0. The highest BCUT2D eigenvalue weighted by molar-refractivity contribution is 7.16. The molecule has 1 N–H and O–H groups in total. The van der Waals surface area contributed by atoms with Crippen LogP contribution in [0.15, 0.2) is 53.5 Å². The fraction of sp³-hybridized carbons (Fsp3) is 0.379. The standard InChI is InChI=1S/C29H34N2O3S/c1-6-34-23-14-10-21(11-15-23)31-27(32)26-24-16-9-20(29(2,3)4)17-25(24)35-28(26)30-18-19-7-12-22(33-5)13-8-19/h7-8,10-15,18,20H,6,9,16-17H2,1-5H3,(H,31,32)/t20-/m0/s1. The Balaban J connectivity index is 1.64. The molecule has 2 aromatic carbocycles. The maximum Gasteiger partial charge on any atom is 0.259 e. The summed E-state index contributed by atoms with van der Waals surface area (Å²) in [6.07, 6.45) is 4.80. The van der Waals surface area contributed by atoms with E-state index in [1.165, 1.54) is 4.88 Å². The number of carbonyl (C=O) groups excluding carboxylic acids is 1. The van der Waals surface area contributed by atoms with Gasteiger partial charge in [-0.25, -0.2) is 4.99 Å². The quantitative estimate of drug-likeness (QED) is 0.353. The van der Waals surface area contributed by atoms with Crippen molar-refractivity contribution in [3.05, 3.63) is 70.1 Å². The number of rotatable bonds is 7. The highest BCUT2D eigenvalue weighted by atomic mass is 32.1. The van der Waals surface area contributed by atoms with Gasteiger partial charge in [-0.05, 0) is 97.2 Å². The Morgan fingerprint density at radius 2 is 1.80 bits per heavy atom. The molecule has 35 heavy (non-hydrogen) atoms. The number of aliphatic imine (C=N–C) groups is 1. The van der Waals surface area contributed by atoms with E-state index in [1.807, 2.05) is 61.7 Å². The molecule has 0 bridgehead atoms. The molecule has 6 heteroatoms. The minimum absolute atomic E-state index is 0.109. The number of fused-ring (bicyclic) bond motifs is 1. The number of methoxy groups -OCH3 is 1. The van der Waals surface area contributed by atoms with Crippen LogP contribution in [-0.4, -0.2) is 25.8 Å². The summed E-state index contributed by atoms with van der Waals surface area (Å²) >= 11 is 1.65. The van der Waals surface area contributed by atoms with Crippen molar-refractivity contribution in [1.82, 2.24) is 0 Å². The lowest BCUT2D eigenvalue weighted by molar-refractivity contribution is 0.102. The van der Waals surface area contributed by atoms with E-state index in [0.29, 0.717) is 18.1 Å². The normalized spacial score (nSPS) is 15.6. The molecule has 3 aromatic rings. The number of hydrogen-bond acceptors (Lipinski definition) is 5. The van der Waals surface area contributed by atoms with E-state index < -0.39 is 0 Å². The number of thiophene rings is 1. The van der Waals surface area contributed by atoms with Crippen LogP contribution in [-0.2, 0) is 12.8 Å². The zero-order valence-electron chi connectivity index (χ0n) is 21.2. The minimum atomic E-state index is -0.109. The predicted octanol–water partition coefficient (Wildman–Crippen LogP) is 7.31. The summed E-state index contributed by atoms with van der Waals surface area (Å²) in [6, 6.07) is 15.2. The van der Waals surface area contributed by atoms with Gasteiger partial charge in [0.25, 0.3) is 5.91 Å². The van der Waals surface area contributed by atoms with Gasteiger partial charge in [-0.2, -0.15) is 0 Å². The van der Waals surface area contributed by atoms with Crippen LogP contribution in [0.5, 0.6) is 11.5 Å². The Hall–Kier alpha value is -3.12. The third kappa shape index (κ3) is 5.93. The maximum atomic E-state index is 13.5. The molecule has 0 radical (unpaired) electrons. The van der Waals surface area contributed by atoms with Crippen molar-refractivity contribution in [3.63, 3.8) is 0 Å². The third-order valence-corrected chi connectivity index (χ3v) is 7.73. The van der Waals surface area contributed by atoms with Gasteiger partial charge in [0.2, 0.25) is 0 Å². The molecule has 0 aliphatic heterocycles. The van der Waals surface area contributed by atoms with Crippen LogP contribution in [0.4, 0.5) is 10.7 Å².